The quantitative estimate of drug-likeness (QED) is 0.258. The molecule has 0 aliphatic carbocycles. The zero-order valence-electron chi connectivity index (χ0n) is 16.8. The number of esters is 1. The van der Waals surface area contributed by atoms with Crippen LogP contribution in [-0.2, 0) is 35.5 Å². The molecule has 0 unspecified atom stereocenters. The zero-order valence-corrected chi connectivity index (χ0v) is 19.2. The molecule has 0 saturated heterocycles. The van der Waals surface area contributed by atoms with Gasteiger partial charge in [0.1, 0.15) is 18.1 Å². The summed E-state index contributed by atoms with van der Waals surface area (Å²) < 4.78 is 30.8. The van der Waals surface area contributed by atoms with Gasteiger partial charge in [-0.1, -0.05) is 11.3 Å². The van der Waals surface area contributed by atoms with Gasteiger partial charge in [-0.15, -0.1) is 11.3 Å². The average molecular weight is 514 g/mol. The molecule has 174 valence electrons. The van der Waals surface area contributed by atoms with Crippen molar-refractivity contribution in [2.75, 3.05) is 23.9 Å². The molecule has 2 amide bonds. The molecule has 3 aromatic rings. The number of aromatic nitrogens is 2. The van der Waals surface area contributed by atoms with E-state index in [9.17, 15) is 32.9 Å². The fraction of sp³-hybridized carbons (Fsp3) is 0.235. The number of fused-ring (bicyclic) bond motifs is 1. The molecule has 0 atom stereocenters. The number of nitrogens with zero attached hydrogens (tertiary/aromatic N) is 4. The summed E-state index contributed by atoms with van der Waals surface area (Å²) in [5.41, 5.74) is 0.161. The van der Waals surface area contributed by atoms with Crippen LogP contribution in [0.4, 0.5) is 10.8 Å². The Kier molecular flexibility index (Phi) is 7.29. The second-order valence-corrected chi connectivity index (χ2v) is 10.3. The number of hydrogen-bond acceptors (Lipinski definition) is 11. The minimum atomic E-state index is -4.16. The van der Waals surface area contributed by atoms with Crippen molar-refractivity contribution in [1.29, 1.82) is 0 Å². The summed E-state index contributed by atoms with van der Waals surface area (Å²) >= 11 is 1.96. The summed E-state index contributed by atoms with van der Waals surface area (Å²) in [5, 5.41) is 15.2. The van der Waals surface area contributed by atoms with Crippen LogP contribution < -0.4 is 10.1 Å². The van der Waals surface area contributed by atoms with Gasteiger partial charge in [0.2, 0.25) is 5.91 Å². The Morgan fingerprint density at radius 3 is 2.70 bits per heavy atom. The number of amides is 2. The maximum Gasteiger partial charge on any atom is 0.325 e. The first-order valence-corrected chi connectivity index (χ1v) is 12.4. The smallest absolute Gasteiger partial charge is 0.325 e. The fourth-order valence-electron chi connectivity index (χ4n) is 2.63. The molecule has 13 nitrogen and oxygen atoms in total. The SMILES string of the molecule is COC(=O)Cn1c(=NC(=O)CS(=O)(=O)CC(=O)Nc2nccs2)sc2cc([N+](=O)[O-])ccc21. The Labute approximate surface area is 193 Å². The number of nitro benzene ring substituents is 1. The van der Waals surface area contributed by atoms with Crippen molar-refractivity contribution in [1.82, 2.24) is 9.55 Å². The number of methoxy groups -OCH3 is 1. The second-order valence-electron chi connectivity index (χ2n) is 6.38. The first-order chi connectivity index (χ1) is 15.6. The summed E-state index contributed by atoms with van der Waals surface area (Å²) in [6.45, 7) is -0.358. The van der Waals surface area contributed by atoms with Crippen LogP contribution in [0.25, 0.3) is 10.2 Å². The van der Waals surface area contributed by atoms with Crippen molar-refractivity contribution >= 4 is 71.3 Å². The van der Waals surface area contributed by atoms with Gasteiger partial charge in [0.15, 0.2) is 19.8 Å². The van der Waals surface area contributed by atoms with Gasteiger partial charge in [0.05, 0.1) is 22.2 Å². The van der Waals surface area contributed by atoms with E-state index in [0.717, 1.165) is 29.8 Å². The van der Waals surface area contributed by atoms with Crippen LogP contribution >= 0.6 is 22.7 Å². The van der Waals surface area contributed by atoms with E-state index in [1.165, 1.54) is 29.0 Å². The van der Waals surface area contributed by atoms with E-state index in [4.69, 9.17) is 0 Å². The van der Waals surface area contributed by atoms with E-state index >= 15 is 0 Å². The maximum atomic E-state index is 12.4. The predicted molar refractivity (Wildman–Crippen MR) is 118 cm³/mol. The van der Waals surface area contributed by atoms with Crippen molar-refractivity contribution in [3.8, 4) is 0 Å². The highest BCUT2D eigenvalue weighted by atomic mass is 32.2. The van der Waals surface area contributed by atoms with Gasteiger partial charge in [0, 0.05) is 23.7 Å². The Balaban J connectivity index is 1.87. The topological polar surface area (TPSA) is 180 Å². The number of benzene rings is 1. The number of carbonyl (C=O) groups excluding carboxylic acids is 3. The molecule has 0 radical (unpaired) electrons. The van der Waals surface area contributed by atoms with E-state index in [1.54, 1.807) is 5.38 Å². The molecule has 1 aromatic carbocycles. The van der Waals surface area contributed by atoms with Gasteiger partial charge in [-0.3, -0.25) is 24.5 Å². The number of anilines is 1. The number of non-ortho nitro benzene ring substituents is 1. The molecule has 0 aliphatic rings. The highest BCUT2D eigenvalue weighted by Gasteiger charge is 2.22. The van der Waals surface area contributed by atoms with Gasteiger partial charge >= 0.3 is 5.97 Å². The minimum absolute atomic E-state index is 0.0525. The van der Waals surface area contributed by atoms with Crippen molar-refractivity contribution < 1.29 is 32.5 Å². The lowest BCUT2D eigenvalue weighted by Gasteiger charge is -2.04. The molecule has 1 N–H and O–H groups in total. The highest BCUT2D eigenvalue weighted by molar-refractivity contribution is 7.92. The third kappa shape index (κ3) is 6.27. The molecule has 2 aromatic heterocycles. The van der Waals surface area contributed by atoms with Crippen LogP contribution in [0.2, 0.25) is 0 Å². The molecule has 16 heteroatoms. The van der Waals surface area contributed by atoms with Crippen LogP contribution in [0.1, 0.15) is 0 Å². The van der Waals surface area contributed by atoms with Crippen molar-refractivity contribution in [2.45, 2.75) is 6.54 Å². The van der Waals surface area contributed by atoms with Gasteiger partial charge in [-0.25, -0.2) is 13.4 Å². The van der Waals surface area contributed by atoms with Gasteiger partial charge < -0.3 is 14.6 Å². The Bertz CT molecular complexity index is 1410. The zero-order chi connectivity index (χ0) is 24.2. The summed E-state index contributed by atoms with van der Waals surface area (Å²) in [6, 6.07) is 3.85. The maximum absolute atomic E-state index is 12.4. The second kappa shape index (κ2) is 9.97. The molecule has 0 aliphatic heterocycles. The average Bonchev–Trinajstić information content (AvgIpc) is 3.34. The number of nitrogens with one attached hydrogen (secondary N) is 1. The summed E-state index contributed by atoms with van der Waals surface area (Å²) in [6.07, 6.45) is 1.43. The van der Waals surface area contributed by atoms with Crippen molar-refractivity contribution in [3.05, 3.63) is 44.7 Å². The standard InChI is InChI=1S/C17H15N5O8S3/c1-30-15(25)7-21-11-3-2-10(22(26)27)6-12(11)32-17(21)20-14(24)9-33(28,29)8-13(23)19-16-18-4-5-31-16/h2-6H,7-9H2,1H3,(H,18,19,23). The first-order valence-electron chi connectivity index (χ1n) is 8.90. The third-order valence-corrected chi connectivity index (χ3v) is 7.10. The van der Waals surface area contributed by atoms with E-state index in [-0.39, 0.29) is 22.2 Å². The van der Waals surface area contributed by atoms with Crippen LogP contribution in [0.3, 0.4) is 0 Å². The van der Waals surface area contributed by atoms with Gasteiger partial charge in [0.25, 0.3) is 11.6 Å². The van der Waals surface area contributed by atoms with E-state index in [0.29, 0.717) is 10.2 Å². The molecule has 33 heavy (non-hydrogen) atoms. The van der Waals surface area contributed by atoms with Crippen molar-refractivity contribution in [3.63, 3.8) is 0 Å². The lowest BCUT2D eigenvalue weighted by molar-refractivity contribution is -0.384. The Hall–Kier alpha value is -3.50. The molecular weight excluding hydrogens is 498 g/mol. The number of rotatable bonds is 8. The minimum Gasteiger partial charge on any atom is -0.468 e. The molecule has 2 heterocycles. The molecule has 0 saturated carbocycles. The summed E-state index contributed by atoms with van der Waals surface area (Å²) in [4.78, 5) is 54.0. The van der Waals surface area contributed by atoms with Gasteiger partial charge in [-0.05, 0) is 6.07 Å². The Morgan fingerprint density at radius 2 is 2.06 bits per heavy atom. The Morgan fingerprint density at radius 1 is 1.30 bits per heavy atom. The molecule has 0 fully saturated rings. The van der Waals surface area contributed by atoms with Crippen molar-refractivity contribution in [2.24, 2.45) is 4.99 Å². The van der Waals surface area contributed by atoms with Crippen LogP contribution in [0.15, 0.2) is 34.8 Å². The van der Waals surface area contributed by atoms with E-state index in [2.05, 4.69) is 20.0 Å². The fourth-order valence-corrected chi connectivity index (χ4v) is 5.26. The number of nitro groups is 1. The van der Waals surface area contributed by atoms with E-state index < -0.39 is 44.0 Å². The van der Waals surface area contributed by atoms with Gasteiger partial charge in [-0.2, -0.15) is 4.99 Å². The number of hydrogen-bond donors (Lipinski definition) is 1. The normalized spacial score (nSPS) is 12.0. The number of ether oxygens (including phenoxy) is 1. The largest absolute Gasteiger partial charge is 0.468 e. The highest BCUT2D eigenvalue weighted by Crippen LogP contribution is 2.23. The third-order valence-electron chi connectivity index (χ3n) is 3.99. The number of sulfone groups is 1. The molecular formula is C17H15N5O8S3. The predicted octanol–water partition coefficient (Wildman–Crippen LogP) is 0.721. The molecule has 3 rings (SSSR count). The van der Waals surface area contributed by atoms with Crippen LogP contribution in [0, 0.1) is 10.1 Å². The lowest BCUT2D eigenvalue weighted by atomic mass is 10.3. The van der Waals surface area contributed by atoms with Crippen LogP contribution in [-0.4, -0.2) is 59.3 Å². The van der Waals surface area contributed by atoms with E-state index in [1.807, 2.05) is 0 Å². The number of carbonyl (C=O) groups is 3. The summed E-state index contributed by atoms with van der Waals surface area (Å²) in [5.74, 6) is -4.60. The summed E-state index contributed by atoms with van der Waals surface area (Å²) in [7, 11) is -3.00. The van der Waals surface area contributed by atoms with Crippen LogP contribution in [0.5, 0.6) is 0 Å². The molecule has 0 bridgehead atoms. The lowest BCUT2D eigenvalue weighted by Crippen LogP contribution is -2.28. The molecule has 0 spiro atoms. The first kappa shape index (κ1) is 24.1. The monoisotopic (exact) mass is 513 g/mol. The number of thiazole rings is 2.